The summed E-state index contributed by atoms with van der Waals surface area (Å²) in [5, 5.41) is 1.38. The van der Waals surface area contributed by atoms with E-state index in [0.717, 1.165) is 4.90 Å². The number of rotatable bonds is 4. The Morgan fingerprint density at radius 3 is 2.81 bits per heavy atom. The minimum Gasteiger partial charge on any atom is -0.469 e. The second-order valence-corrected chi connectivity index (χ2v) is 5.61. The Hall–Kier alpha value is -0.380. The van der Waals surface area contributed by atoms with Crippen LogP contribution in [0.4, 0.5) is 0 Å². The summed E-state index contributed by atoms with van der Waals surface area (Å²) in [4.78, 5) is 11.9. The van der Waals surface area contributed by atoms with Crippen molar-refractivity contribution in [1.29, 1.82) is 0 Å². The van der Waals surface area contributed by atoms with Crippen molar-refractivity contribution in [3.8, 4) is 0 Å². The molecule has 0 saturated carbocycles. The Morgan fingerprint density at radius 1 is 1.50 bits per heavy atom. The largest absolute Gasteiger partial charge is 0.469 e. The third-order valence-electron chi connectivity index (χ3n) is 1.90. The number of carbonyl (C=O) groups excluding carboxylic acids is 1. The first-order chi connectivity index (χ1) is 7.52. The van der Waals surface area contributed by atoms with Crippen LogP contribution in [0.1, 0.15) is 13.3 Å². The fourth-order valence-corrected chi connectivity index (χ4v) is 2.66. The SMILES string of the molecule is COC(=O)CC(C)Sc1cc(Cl)ccc1Cl. The van der Waals surface area contributed by atoms with Gasteiger partial charge in [-0.1, -0.05) is 30.1 Å². The van der Waals surface area contributed by atoms with Gasteiger partial charge in [0, 0.05) is 15.2 Å². The molecule has 1 atom stereocenters. The minimum atomic E-state index is -0.224. The third-order valence-corrected chi connectivity index (χ3v) is 3.74. The summed E-state index contributed by atoms with van der Waals surface area (Å²) in [5.41, 5.74) is 0. The molecule has 2 nitrogen and oxygen atoms in total. The van der Waals surface area contributed by atoms with Crippen LogP contribution >= 0.6 is 35.0 Å². The highest BCUT2D eigenvalue weighted by Gasteiger charge is 2.12. The van der Waals surface area contributed by atoms with E-state index in [1.807, 2.05) is 6.92 Å². The molecule has 5 heteroatoms. The maximum absolute atomic E-state index is 11.1. The van der Waals surface area contributed by atoms with Crippen LogP contribution in [-0.4, -0.2) is 18.3 Å². The highest BCUT2D eigenvalue weighted by atomic mass is 35.5. The van der Waals surface area contributed by atoms with Crippen molar-refractivity contribution >= 4 is 40.9 Å². The predicted molar refractivity (Wildman–Crippen MR) is 68.4 cm³/mol. The molecule has 0 aromatic heterocycles. The first-order valence-electron chi connectivity index (χ1n) is 4.71. The second-order valence-electron chi connectivity index (χ2n) is 3.28. The number of methoxy groups -OCH3 is 1. The number of ether oxygens (including phenoxy) is 1. The Bertz CT molecular complexity index is 382. The molecule has 0 radical (unpaired) electrons. The summed E-state index contributed by atoms with van der Waals surface area (Å²) < 4.78 is 4.60. The Morgan fingerprint density at radius 2 is 2.19 bits per heavy atom. The molecule has 1 aromatic carbocycles. The molecule has 1 aromatic rings. The average molecular weight is 279 g/mol. The summed E-state index contributed by atoms with van der Waals surface area (Å²) in [6.45, 7) is 1.94. The number of carbonyl (C=O) groups is 1. The zero-order valence-electron chi connectivity index (χ0n) is 9.00. The fraction of sp³-hybridized carbons (Fsp3) is 0.364. The Labute approximate surface area is 109 Å². The lowest BCUT2D eigenvalue weighted by atomic mass is 10.3. The van der Waals surface area contributed by atoms with E-state index in [9.17, 15) is 4.79 Å². The number of benzene rings is 1. The first kappa shape index (κ1) is 13.7. The van der Waals surface area contributed by atoms with Crippen LogP contribution in [0, 0.1) is 0 Å². The van der Waals surface area contributed by atoms with Crippen molar-refractivity contribution in [2.24, 2.45) is 0 Å². The van der Waals surface area contributed by atoms with Crippen LogP contribution in [0.25, 0.3) is 0 Å². The van der Waals surface area contributed by atoms with E-state index >= 15 is 0 Å². The van der Waals surface area contributed by atoms with Crippen LogP contribution in [0.5, 0.6) is 0 Å². The molecule has 0 fully saturated rings. The van der Waals surface area contributed by atoms with Gasteiger partial charge < -0.3 is 4.74 Å². The molecule has 0 spiro atoms. The maximum Gasteiger partial charge on any atom is 0.306 e. The van der Waals surface area contributed by atoms with E-state index in [-0.39, 0.29) is 11.2 Å². The fourth-order valence-electron chi connectivity index (χ4n) is 1.14. The van der Waals surface area contributed by atoms with Crippen molar-refractivity contribution in [2.45, 2.75) is 23.5 Å². The zero-order valence-corrected chi connectivity index (χ0v) is 11.3. The second kappa shape index (κ2) is 6.38. The van der Waals surface area contributed by atoms with E-state index in [1.165, 1.54) is 18.9 Å². The van der Waals surface area contributed by atoms with Crippen molar-refractivity contribution in [3.63, 3.8) is 0 Å². The van der Waals surface area contributed by atoms with E-state index in [4.69, 9.17) is 23.2 Å². The topological polar surface area (TPSA) is 26.3 Å². The molecular formula is C11H12Cl2O2S. The average Bonchev–Trinajstić information content (AvgIpc) is 2.23. The van der Waals surface area contributed by atoms with Gasteiger partial charge in [-0.05, 0) is 18.2 Å². The highest BCUT2D eigenvalue weighted by Crippen LogP contribution is 2.33. The van der Waals surface area contributed by atoms with Gasteiger partial charge in [0.15, 0.2) is 0 Å². The number of hydrogen-bond donors (Lipinski definition) is 0. The predicted octanol–water partition coefficient (Wildman–Crippen LogP) is 4.04. The van der Waals surface area contributed by atoms with E-state index in [2.05, 4.69) is 4.74 Å². The van der Waals surface area contributed by atoms with Crippen molar-refractivity contribution in [3.05, 3.63) is 28.2 Å². The smallest absolute Gasteiger partial charge is 0.306 e. The van der Waals surface area contributed by atoms with Gasteiger partial charge in [-0.3, -0.25) is 4.79 Å². The van der Waals surface area contributed by atoms with Crippen LogP contribution < -0.4 is 0 Å². The molecule has 0 saturated heterocycles. The monoisotopic (exact) mass is 278 g/mol. The standard InChI is InChI=1S/C11H12Cl2O2S/c1-7(5-11(14)15-2)16-10-6-8(12)3-4-9(10)13/h3-4,6-7H,5H2,1-2H3. The molecule has 16 heavy (non-hydrogen) atoms. The van der Waals surface area contributed by atoms with E-state index < -0.39 is 0 Å². The summed E-state index contributed by atoms with van der Waals surface area (Å²) >= 11 is 13.4. The molecule has 0 aliphatic heterocycles. The summed E-state index contributed by atoms with van der Waals surface area (Å²) in [5.74, 6) is -0.224. The number of hydrogen-bond acceptors (Lipinski definition) is 3. The molecule has 0 bridgehead atoms. The molecule has 88 valence electrons. The summed E-state index contributed by atoms with van der Waals surface area (Å²) in [7, 11) is 1.38. The van der Waals surface area contributed by atoms with Crippen molar-refractivity contribution in [2.75, 3.05) is 7.11 Å². The lowest BCUT2D eigenvalue weighted by Gasteiger charge is -2.11. The molecular weight excluding hydrogens is 267 g/mol. The Kier molecular flexibility index (Phi) is 5.46. The molecule has 0 N–H and O–H groups in total. The van der Waals surface area contributed by atoms with Gasteiger partial charge >= 0.3 is 5.97 Å². The van der Waals surface area contributed by atoms with Gasteiger partial charge in [-0.15, -0.1) is 11.8 Å². The van der Waals surface area contributed by atoms with Crippen LogP contribution in [0.2, 0.25) is 10.0 Å². The lowest BCUT2D eigenvalue weighted by molar-refractivity contribution is -0.140. The van der Waals surface area contributed by atoms with Crippen LogP contribution in [-0.2, 0) is 9.53 Å². The van der Waals surface area contributed by atoms with Gasteiger partial charge in [-0.2, -0.15) is 0 Å². The zero-order chi connectivity index (χ0) is 12.1. The maximum atomic E-state index is 11.1. The van der Waals surface area contributed by atoms with Gasteiger partial charge in [-0.25, -0.2) is 0 Å². The van der Waals surface area contributed by atoms with Gasteiger partial charge in [0.2, 0.25) is 0 Å². The highest BCUT2D eigenvalue weighted by molar-refractivity contribution is 8.00. The molecule has 0 aliphatic rings. The van der Waals surface area contributed by atoms with E-state index in [1.54, 1.807) is 18.2 Å². The summed E-state index contributed by atoms with van der Waals surface area (Å²) in [6, 6.07) is 5.28. The minimum absolute atomic E-state index is 0.100. The Balaban J connectivity index is 2.65. The number of thioether (sulfide) groups is 1. The first-order valence-corrected chi connectivity index (χ1v) is 6.35. The third kappa shape index (κ3) is 4.24. The summed E-state index contributed by atoms with van der Waals surface area (Å²) in [6.07, 6.45) is 0.351. The van der Waals surface area contributed by atoms with Crippen molar-refractivity contribution in [1.82, 2.24) is 0 Å². The van der Waals surface area contributed by atoms with Crippen LogP contribution in [0.3, 0.4) is 0 Å². The molecule has 0 aliphatic carbocycles. The lowest BCUT2D eigenvalue weighted by Crippen LogP contribution is -2.08. The van der Waals surface area contributed by atoms with Gasteiger partial charge in [0.25, 0.3) is 0 Å². The molecule has 1 rings (SSSR count). The quantitative estimate of drug-likeness (QED) is 0.614. The molecule has 0 heterocycles. The van der Waals surface area contributed by atoms with Gasteiger partial charge in [0.1, 0.15) is 0 Å². The molecule has 0 amide bonds. The van der Waals surface area contributed by atoms with Crippen LogP contribution in [0.15, 0.2) is 23.1 Å². The van der Waals surface area contributed by atoms with Crippen molar-refractivity contribution < 1.29 is 9.53 Å². The van der Waals surface area contributed by atoms with Gasteiger partial charge in [0.05, 0.1) is 18.6 Å². The number of esters is 1. The normalized spacial score (nSPS) is 12.2. The molecule has 1 unspecified atom stereocenters. The van der Waals surface area contributed by atoms with E-state index in [0.29, 0.717) is 16.5 Å². The number of halogens is 2.